The van der Waals surface area contributed by atoms with Crippen molar-refractivity contribution in [2.45, 2.75) is 5.75 Å². The van der Waals surface area contributed by atoms with Gasteiger partial charge in [-0.3, -0.25) is 5.43 Å². The van der Waals surface area contributed by atoms with Gasteiger partial charge < -0.3 is 4.42 Å². The lowest BCUT2D eigenvalue weighted by molar-refractivity contribution is 0.572. The Morgan fingerprint density at radius 3 is 2.44 bits per heavy atom. The highest BCUT2D eigenvalue weighted by atomic mass is 32.2. The summed E-state index contributed by atoms with van der Waals surface area (Å²) in [4.78, 5) is 3.89. The van der Waals surface area contributed by atoms with Crippen LogP contribution >= 0.6 is 0 Å². The number of nitrogens with zero attached hydrogens (tertiary/aromatic N) is 2. The summed E-state index contributed by atoms with van der Waals surface area (Å²) in [6, 6.07) is 14.9. The molecule has 0 amide bonds. The molecule has 0 aliphatic heterocycles. The Bertz CT molecular complexity index is 946. The van der Waals surface area contributed by atoms with Gasteiger partial charge in [-0.15, -0.1) is 0 Å². The average molecular weight is 355 g/mol. The molecule has 25 heavy (non-hydrogen) atoms. The number of oxazole rings is 1. The third-order valence-electron chi connectivity index (χ3n) is 3.42. The quantitative estimate of drug-likeness (QED) is 0.541. The maximum absolute atomic E-state index is 11.3. The molecule has 128 valence electrons. The van der Waals surface area contributed by atoms with E-state index < -0.39 is 9.84 Å². The van der Waals surface area contributed by atoms with Gasteiger partial charge in [-0.1, -0.05) is 24.3 Å². The summed E-state index contributed by atoms with van der Waals surface area (Å²) < 4.78 is 27.8. The van der Waals surface area contributed by atoms with Crippen LogP contribution in [-0.4, -0.2) is 25.9 Å². The van der Waals surface area contributed by atoms with Gasteiger partial charge in [0, 0.05) is 11.8 Å². The molecule has 1 heterocycles. The van der Waals surface area contributed by atoms with Gasteiger partial charge in [0.2, 0.25) is 0 Å². The normalized spacial score (nSPS) is 11.7. The molecule has 0 bridgehead atoms. The summed E-state index contributed by atoms with van der Waals surface area (Å²) in [5.74, 6) is 0.754. The van der Waals surface area contributed by atoms with E-state index >= 15 is 0 Å². The van der Waals surface area contributed by atoms with E-state index in [1.807, 2.05) is 36.4 Å². The van der Waals surface area contributed by atoms with Gasteiger partial charge in [-0.25, -0.2) is 13.4 Å². The zero-order chi connectivity index (χ0) is 17.7. The molecule has 3 rings (SSSR count). The van der Waals surface area contributed by atoms with Gasteiger partial charge >= 0.3 is 0 Å². The average Bonchev–Trinajstić information content (AvgIpc) is 3.10. The minimum absolute atomic E-state index is 0.0419. The molecule has 6 nitrogen and oxygen atoms in total. The molecule has 0 spiro atoms. The molecule has 0 fully saturated rings. The third kappa shape index (κ3) is 5.02. The fourth-order valence-corrected chi connectivity index (χ4v) is 3.05. The number of hydrogen-bond donors (Lipinski definition) is 1. The van der Waals surface area contributed by atoms with Gasteiger partial charge in [0.25, 0.3) is 0 Å². The van der Waals surface area contributed by atoms with Gasteiger partial charge in [0.1, 0.15) is 0 Å². The minimum atomic E-state index is -3.02. The fraction of sp³-hybridized carbons (Fsp3) is 0.111. The predicted molar refractivity (Wildman–Crippen MR) is 98.1 cm³/mol. The Morgan fingerprint density at radius 2 is 1.84 bits per heavy atom. The first-order chi connectivity index (χ1) is 12.0. The van der Waals surface area contributed by atoms with Crippen LogP contribution < -0.4 is 5.43 Å². The maximum Gasteiger partial charge on any atom is 0.181 e. The monoisotopic (exact) mass is 355 g/mol. The minimum Gasteiger partial charge on any atom is -0.444 e. The number of benzene rings is 2. The second kappa shape index (κ2) is 7.31. The molecule has 0 aliphatic rings. The zero-order valence-corrected chi connectivity index (χ0v) is 14.4. The molecular formula is C18H17N3O3S. The number of hydrogen-bond acceptors (Lipinski definition) is 6. The van der Waals surface area contributed by atoms with Crippen LogP contribution in [0.1, 0.15) is 11.1 Å². The zero-order valence-electron chi connectivity index (χ0n) is 13.6. The Kier molecular flexibility index (Phi) is 4.95. The van der Waals surface area contributed by atoms with E-state index in [0.29, 0.717) is 5.76 Å². The molecule has 0 saturated heterocycles. The lowest BCUT2D eigenvalue weighted by Crippen LogP contribution is -2.00. The lowest BCUT2D eigenvalue weighted by atomic mass is 10.2. The van der Waals surface area contributed by atoms with Crippen LogP contribution in [0, 0.1) is 0 Å². The summed E-state index contributed by atoms with van der Waals surface area (Å²) in [5.41, 5.74) is 6.36. The Hall–Kier alpha value is -2.93. The number of nitrogens with one attached hydrogen (secondary N) is 1. The molecule has 1 aromatic heterocycles. The molecule has 0 aliphatic carbocycles. The van der Waals surface area contributed by atoms with Crippen molar-refractivity contribution in [2.24, 2.45) is 5.10 Å². The van der Waals surface area contributed by atoms with Crippen molar-refractivity contribution in [2.75, 3.05) is 11.7 Å². The van der Waals surface area contributed by atoms with Crippen molar-refractivity contribution in [1.82, 2.24) is 4.98 Å². The predicted octanol–water partition coefficient (Wildman–Crippen LogP) is 3.33. The Labute approximate surface area is 146 Å². The van der Waals surface area contributed by atoms with Crippen molar-refractivity contribution in [3.05, 3.63) is 72.2 Å². The van der Waals surface area contributed by atoms with Crippen LogP contribution in [0.3, 0.4) is 0 Å². The first kappa shape index (κ1) is 16.9. The molecule has 3 aromatic rings. The summed E-state index contributed by atoms with van der Waals surface area (Å²) in [7, 11) is -3.02. The Balaban J connectivity index is 1.59. The van der Waals surface area contributed by atoms with E-state index in [0.717, 1.165) is 22.4 Å². The third-order valence-corrected chi connectivity index (χ3v) is 4.28. The maximum atomic E-state index is 11.3. The van der Waals surface area contributed by atoms with Crippen LogP contribution in [0.5, 0.6) is 0 Å². The van der Waals surface area contributed by atoms with E-state index in [4.69, 9.17) is 4.42 Å². The first-order valence-electron chi connectivity index (χ1n) is 7.54. The SMILES string of the molecule is CS(=O)(=O)Cc1ccc(C=NNc2ccc(-c3cnco3)cc2)cc1. The van der Waals surface area contributed by atoms with E-state index in [1.54, 1.807) is 24.5 Å². The standard InChI is InChI=1S/C18H17N3O3S/c1-25(22,23)12-15-4-2-14(3-5-15)10-20-21-17-8-6-16(7-9-17)18-11-19-13-24-18/h2-11,13,21H,12H2,1H3. The van der Waals surface area contributed by atoms with Gasteiger partial charge in [0.05, 0.1) is 23.9 Å². The van der Waals surface area contributed by atoms with Crippen molar-refractivity contribution < 1.29 is 12.8 Å². The summed E-state index contributed by atoms with van der Waals surface area (Å²) >= 11 is 0. The molecular weight excluding hydrogens is 338 g/mol. The van der Waals surface area contributed by atoms with Crippen molar-refractivity contribution >= 4 is 21.7 Å². The number of aromatic nitrogens is 1. The molecule has 7 heteroatoms. The largest absolute Gasteiger partial charge is 0.444 e. The van der Waals surface area contributed by atoms with Gasteiger partial charge in [0.15, 0.2) is 22.0 Å². The highest BCUT2D eigenvalue weighted by Crippen LogP contribution is 2.20. The topological polar surface area (TPSA) is 84.6 Å². The number of hydrazone groups is 1. The highest BCUT2D eigenvalue weighted by Gasteiger charge is 2.03. The molecule has 0 saturated carbocycles. The van der Waals surface area contributed by atoms with Gasteiger partial charge in [-0.2, -0.15) is 5.10 Å². The summed E-state index contributed by atoms with van der Waals surface area (Å²) in [5, 5.41) is 4.18. The van der Waals surface area contributed by atoms with Crippen molar-refractivity contribution in [3.63, 3.8) is 0 Å². The number of rotatable bonds is 6. The van der Waals surface area contributed by atoms with Crippen LogP contribution in [0.15, 0.2) is 70.6 Å². The van der Waals surface area contributed by atoms with Crippen LogP contribution in [0.2, 0.25) is 0 Å². The van der Waals surface area contributed by atoms with Crippen LogP contribution in [0.25, 0.3) is 11.3 Å². The van der Waals surface area contributed by atoms with Crippen molar-refractivity contribution in [1.29, 1.82) is 0 Å². The highest BCUT2D eigenvalue weighted by molar-refractivity contribution is 7.89. The lowest BCUT2D eigenvalue weighted by Gasteiger charge is -2.02. The summed E-state index contributed by atoms with van der Waals surface area (Å²) in [6.07, 6.45) is 5.95. The molecule has 0 radical (unpaired) electrons. The molecule has 1 N–H and O–H groups in total. The second-order valence-electron chi connectivity index (χ2n) is 5.62. The van der Waals surface area contributed by atoms with Crippen LogP contribution in [-0.2, 0) is 15.6 Å². The smallest absolute Gasteiger partial charge is 0.181 e. The Morgan fingerprint density at radius 1 is 1.12 bits per heavy atom. The van der Waals surface area contributed by atoms with E-state index in [1.165, 1.54) is 12.6 Å². The second-order valence-corrected chi connectivity index (χ2v) is 7.76. The van der Waals surface area contributed by atoms with Crippen molar-refractivity contribution in [3.8, 4) is 11.3 Å². The van der Waals surface area contributed by atoms with Crippen LogP contribution in [0.4, 0.5) is 5.69 Å². The number of anilines is 1. The van der Waals surface area contributed by atoms with E-state index in [2.05, 4.69) is 15.5 Å². The molecule has 0 unspecified atom stereocenters. The van der Waals surface area contributed by atoms with E-state index in [9.17, 15) is 8.42 Å². The van der Waals surface area contributed by atoms with E-state index in [-0.39, 0.29) is 5.75 Å². The fourth-order valence-electron chi connectivity index (χ4n) is 2.25. The summed E-state index contributed by atoms with van der Waals surface area (Å²) in [6.45, 7) is 0. The molecule has 2 aromatic carbocycles. The van der Waals surface area contributed by atoms with Gasteiger partial charge in [-0.05, 0) is 35.4 Å². The first-order valence-corrected chi connectivity index (χ1v) is 9.60. The molecule has 0 atom stereocenters. The number of sulfone groups is 1.